The quantitative estimate of drug-likeness (QED) is 0.550. The highest BCUT2D eigenvalue weighted by atomic mass is 19.4. The SMILES string of the molecule is CCc1ccc(C(F)(F)F)c([B-](F)(F)F)c1. The van der Waals surface area contributed by atoms with E-state index in [1.165, 1.54) is 0 Å². The van der Waals surface area contributed by atoms with Crippen LogP contribution in [0.4, 0.5) is 26.1 Å². The topological polar surface area (TPSA) is 0 Å². The van der Waals surface area contributed by atoms with E-state index in [4.69, 9.17) is 0 Å². The van der Waals surface area contributed by atoms with Crippen molar-refractivity contribution in [1.82, 2.24) is 0 Å². The molecule has 7 heteroatoms. The number of benzene rings is 1. The first-order valence-electron chi connectivity index (χ1n) is 4.56. The van der Waals surface area contributed by atoms with Gasteiger partial charge in [0, 0.05) is 5.56 Å². The van der Waals surface area contributed by atoms with Crippen LogP contribution in [0.5, 0.6) is 0 Å². The molecule has 0 aliphatic rings. The summed E-state index contributed by atoms with van der Waals surface area (Å²) in [5, 5.41) is 0. The zero-order valence-electron chi connectivity index (χ0n) is 8.28. The molecule has 0 aliphatic carbocycles. The minimum Gasteiger partial charge on any atom is -0.445 e. The third-order valence-corrected chi connectivity index (χ3v) is 2.18. The monoisotopic (exact) mass is 241 g/mol. The first kappa shape index (κ1) is 12.9. The molecule has 0 unspecified atom stereocenters. The number of alkyl halides is 3. The van der Waals surface area contributed by atoms with Gasteiger partial charge in [-0.05, 0) is 6.42 Å². The largest absolute Gasteiger partial charge is 0.510 e. The van der Waals surface area contributed by atoms with Crippen LogP contribution in [0.15, 0.2) is 18.2 Å². The molecule has 1 aromatic carbocycles. The van der Waals surface area contributed by atoms with Gasteiger partial charge in [0.1, 0.15) is 0 Å². The van der Waals surface area contributed by atoms with E-state index in [1.54, 1.807) is 6.92 Å². The van der Waals surface area contributed by atoms with Crippen LogP contribution >= 0.6 is 0 Å². The lowest BCUT2D eigenvalue weighted by Gasteiger charge is -2.22. The van der Waals surface area contributed by atoms with Crippen LogP contribution in [0.25, 0.3) is 0 Å². The summed E-state index contributed by atoms with van der Waals surface area (Å²) in [5.74, 6) is 0. The summed E-state index contributed by atoms with van der Waals surface area (Å²) < 4.78 is 74.3. The maximum atomic E-state index is 12.5. The Morgan fingerprint density at radius 3 is 2.06 bits per heavy atom. The molecule has 1 rings (SSSR count). The van der Waals surface area contributed by atoms with Gasteiger partial charge in [-0.15, -0.1) is 0 Å². The highest BCUT2D eigenvalue weighted by Gasteiger charge is 2.39. The van der Waals surface area contributed by atoms with Crippen molar-refractivity contribution in [2.75, 3.05) is 0 Å². The normalized spacial score (nSPS) is 12.9. The van der Waals surface area contributed by atoms with Crippen LogP contribution in [0, 0.1) is 0 Å². The van der Waals surface area contributed by atoms with Gasteiger partial charge in [0.05, 0.1) is 0 Å². The van der Waals surface area contributed by atoms with Gasteiger partial charge in [0.2, 0.25) is 0 Å². The molecule has 0 aromatic heterocycles. The van der Waals surface area contributed by atoms with E-state index in [9.17, 15) is 26.1 Å². The molecule has 0 heterocycles. The van der Waals surface area contributed by atoms with Crippen molar-refractivity contribution in [3.8, 4) is 0 Å². The fraction of sp³-hybridized carbons (Fsp3) is 0.333. The summed E-state index contributed by atoms with van der Waals surface area (Å²) in [6.07, 6.45) is -4.71. The highest BCUT2D eigenvalue weighted by Crippen LogP contribution is 2.30. The molecular weight excluding hydrogens is 233 g/mol. The maximum Gasteiger partial charge on any atom is 0.510 e. The number of rotatable bonds is 2. The minimum absolute atomic E-state index is 0.238. The van der Waals surface area contributed by atoms with E-state index in [0.29, 0.717) is 12.1 Å². The number of aryl methyl sites for hydroxylation is 1. The van der Waals surface area contributed by atoms with Gasteiger partial charge in [-0.1, -0.05) is 36.1 Å². The van der Waals surface area contributed by atoms with E-state index in [1.807, 2.05) is 0 Å². The van der Waals surface area contributed by atoms with E-state index >= 15 is 0 Å². The molecule has 0 radical (unpaired) electrons. The van der Waals surface area contributed by atoms with Gasteiger partial charge in [0.15, 0.2) is 0 Å². The smallest absolute Gasteiger partial charge is 0.445 e. The van der Waals surface area contributed by atoms with Gasteiger partial charge < -0.3 is 12.9 Å². The summed E-state index contributed by atoms with van der Waals surface area (Å²) in [6, 6.07) is 2.13. The Hall–Kier alpha value is -1.14. The molecule has 0 fully saturated rings. The lowest BCUT2D eigenvalue weighted by atomic mass is 9.75. The molecule has 90 valence electrons. The predicted molar refractivity (Wildman–Crippen MR) is 49.5 cm³/mol. The zero-order valence-corrected chi connectivity index (χ0v) is 8.28. The number of halogens is 6. The van der Waals surface area contributed by atoms with Gasteiger partial charge in [-0.2, -0.15) is 13.2 Å². The predicted octanol–water partition coefficient (Wildman–Crippen LogP) is 3.32. The number of hydrogen-bond acceptors (Lipinski definition) is 0. The van der Waals surface area contributed by atoms with Crippen LogP contribution < -0.4 is 5.46 Å². The molecule has 0 bridgehead atoms. The first-order chi connectivity index (χ1) is 7.16. The van der Waals surface area contributed by atoms with Crippen LogP contribution in [-0.4, -0.2) is 6.98 Å². The van der Waals surface area contributed by atoms with Crippen LogP contribution in [0.3, 0.4) is 0 Å². The molecule has 0 aliphatic heterocycles. The molecule has 16 heavy (non-hydrogen) atoms. The Morgan fingerprint density at radius 1 is 1.12 bits per heavy atom. The Morgan fingerprint density at radius 2 is 1.69 bits per heavy atom. The minimum atomic E-state index is -5.65. The molecule has 1 aromatic rings. The van der Waals surface area contributed by atoms with E-state index in [-0.39, 0.29) is 12.0 Å². The van der Waals surface area contributed by atoms with Crippen molar-refractivity contribution < 1.29 is 26.1 Å². The Kier molecular flexibility index (Phi) is 3.26. The van der Waals surface area contributed by atoms with Crippen LogP contribution in [-0.2, 0) is 12.6 Å². The lowest BCUT2D eigenvalue weighted by molar-refractivity contribution is -0.136. The van der Waals surface area contributed by atoms with Gasteiger partial charge in [-0.3, -0.25) is 0 Å². The molecule has 0 amide bonds. The fourth-order valence-electron chi connectivity index (χ4n) is 1.36. The Labute approximate surface area is 88.3 Å². The maximum absolute atomic E-state index is 12.5. The third kappa shape index (κ3) is 2.71. The number of hydrogen-bond donors (Lipinski definition) is 0. The molecule has 0 atom stereocenters. The lowest BCUT2D eigenvalue weighted by Crippen LogP contribution is -2.39. The summed E-state index contributed by atoms with van der Waals surface area (Å²) in [4.78, 5) is 0. The van der Waals surface area contributed by atoms with Crippen molar-refractivity contribution in [3.63, 3.8) is 0 Å². The molecular formula is C9H8BF6-. The van der Waals surface area contributed by atoms with Gasteiger partial charge in [-0.25, -0.2) is 0 Å². The second-order valence-electron chi connectivity index (χ2n) is 3.35. The summed E-state index contributed by atoms with van der Waals surface area (Å²) >= 11 is 0. The summed E-state index contributed by atoms with van der Waals surface area (Å²) in [7, 11) is 0. The van der Waals surface area contributed by atoms with E-state index in [0.717, 1.165) is 6.07 Å². The van der Waals surface area contributed by atoms with E-state index in [2.05, 4.69) is 0 Å². The fourth-order valence-corrected chi connectivity index (χ4v) is 1.36. The molecule has 0 nitrogen and oxygen atoms in total. The highest BCUT2D eigenvalue weighted by molar-refractivity contribution is 6.74. The van der Waals surface area contributed by atoms with Crippen LogP contribution in [0.2, 0.25) is 0 Å². The van der Waals surface area contributed by atoms with Crippen molar-refractivity contribution in [3.05, 3.63) is 29.3 Å². The van der Waals surface area contributed by atoms with Crippen LogP contribution in [0.1, 0.15) is 18.1 Å². The molecule has 0 saturated carbocycles. The van der Waals surface area contributed by atoms with Crippen molar-refractivity contribution in [2.24, 2.45) is 0 Å². The zero-order chi connectivity index (χ0) is 12.6. The van der Waals surface area contributed by atoms with Gasteiger partial charge in [0.25, 0.3) is 0 Å². The van der Waals surface area contributed by atoms with Crippen molar-refractivity contribution >= 4 is 12.4 Å². The third-order valence-electron chi connectivity index (χ3n) is 2.18. The van der Waals surface area contributed by atoms with Gasteiger partial charge >= 0.3 is 13.2 Å². The second-order valence-corrected chi connectivity index (χ2v) is 3.35. The first-order valence-corrected chi connectivity index (χ1v) is 4.56. The second kappa shape index (κ2) is 4.03. The standard InChI is InChI=1S/C9H8BF6/c1-2-6-3-4-7(9(11,12)13)8(5-6)10(14,15)16/h3-5H,2H2,1H3/q-1. The Bertz CT molecular complexity index is 379. The molecule has 0 saturated heterocycles. The van der Waals surface area contributed by atoms with Crippen molar-refractivity contribution in [1.29, 1.82) is 0 Å². The molecule has 0 spiro atoms. The van der Waals surface area contributed by atoms with Crippen molar-refractivity contribution in [2.45, 2.75) is 19.5 Å². The van der Waals surface area contributed by atoms with E-state index < -0.39 is 24.2 Å². The Balaban J connectivity index is 3.40. The average Bonchev–Trinajstić information content (AvgIpc) is 2.14. The average molecular weight is 241 g/mol. The summed E-state index contributed by atoms with van der Waals surface area (Å²) in [6.45, 7) is -4.07. The summed E-state index contributed by atoms with van der Waals surface area (Å²) in [5.41, 5.74) is -2.94. The molecule has 0 N–H and O–H groups in total.